The van der Waals surface area contributed by atoms with Gasteiger partial charge in [0.2, 0.25) is 5.91 Å². The van der Waals surface area contributed by atoms with Gasteiger partial charge in [0.05, 0.1) is 13.2 Å². The fraction of sp³-hybridized carbons (Fsp3) is 0.217. The zero-order chi connectivity index (χ0) is 20.6. The molecule has 0 radical (unpaired) electrons. The molecule has 0 fully saturated rings. The van der Waals surface area contributed by atoms with Crippen molar-refractivity contribution < 1.29 is 14.3 Å². The van der Waals surface area contributed by atoms with Crippen molar-refractivity contribution in [3.8, 4) is 11.1 Å². The molecule has 1 heterocycles. The first-order valence-corrected chi connectivity index (χ1v) is 10.4. The fourth-order valence-corrected chi connectivity index (χ4v) is 3.94. The van der Waals surface area contributed by atoms with Crippen molar-refractivity contribution in [1.82, 2.24) is 5.32 Å². The second-order valence-corrected chi connectivity index (χ2v) is 7.38. The average molecular weight is 409 g/mol. The molecule has 0 aliphatic carbocycles. The molecule has 3 aromatic rings. The number of anilines is 1. The fourth-order valence-electron chi connectivity index (χ4n) is 2.96. The Kier molecular flexibility index (Phi) is 7.16. The predicted molar refractivity (Wildman–Crippen MR) is 117 cm³/mol. The van der Waals surface area contributed by atoms with Crippen LogP contribution in [0.3, 0.4) is 0 Å². The standard InChI is InChI=1S/C23H24N2O3S/c1-3-28-23(27)21-19(18-12-8-5-9-13-18)15-29-22(21)25-20(26)14-24-16(2)17-10-6-4-7-11-17/h4-13,15-16,24H,3,14H2,1-2H3,(H,25,26)/t16-/m0/s1. The SMILES string of the molecule is CCOC(=O)c1c(-c2ccccc2)csc1NC(=O)CN[C@@H](C)c1ccccc1. The second kappa shape index (κ2) is 10.0. The number of carbonyl (C=O) groups is 2. The Hall–Kier alpha value is -2.96. The molecule has 0 spiro atoms. The summed E-state index contributed by atoms with van der Waals surface area (Å²) in [5, 5.41) is 8.44. The Bertz CT molecular complexity index is 955. The van der Waals surface area contributed by atoms with Gasteiger partial charge < -0.3 is 15.4 Å². The Labute approximate surface area is 174 Å². The van der Waals surface area contributed by atoms with E-state index in [-0.39, 0.29) is 25.1 Å². The van der Waals surface area contributed by atoms with Gasteiger partial charge in [-0.2, -0.15) is 0 Å². The highest BCUT2D eigenvalue weighted by Crippen LogP contribution is 2.36. The van der Waals surface area contributed by atoms with Crippen molar-refractivity contribution >= 4 is 28.2 Å². The van der Waals surface area contributed by atoms with Crippen molar-refractivity contribution in [3.05, 3.63) is 77.2 Å². The molecule has 0 aliphatic rings. The van der Waals surface area contributed by atoms with E-state index in [0.29, 0.717) is 10.6 Å². The number of carbonyl (C=O) groups excluding carboxylic acids is 2. The topological polar surface area (TPSA) is 67.4 Å². The molecule has 1 amide bonds. The van der Waals surface area contributed by atoms with Gasteiger partial charge in [0, 0.05) is 17.0 Å². The van der Waals surface area contributed by atoms with Crippen molar-refractivity contribution in [1.29, 1.82) is 0 Å². The summed E-state index contributed by atoms with van der Waals surface area (Å²) in [5.74, 6) is -0.645. The van der Waals surface area contributed by atoms with E-state index in [1.54, 1.807) is 6.92 Å². The van der Waals surface area contributed by atoms with E-state index in [1.807, 2.05) is 73.0 Å². The molecular formula is C23H24N2O3S. The lowest BCUT2D eigenvalue weighted by atomic mass is 10.0. The summed E-state index contributed by atoms with van der Waals surface area (Å²) in [6.45, 7) is 4.17. The number of hydrogen-bond acceptors (Lipinski definition) is 5. The van der Waals surface area contributed by atoms with Crippen molar-refractivity contribution in [2.24, 2.45) is 0 Å². The molecule has 0 unspecified atom stereocenters. The van der Waals surface area contributed by atoms with Crippen LogP contribution in [0, 0.1) is 0 Å². The van der Waals surface area contributed by atoms with Gasteiger partial charge in [-0.25, -0.2) is 4.79 Å². The van der Waals surface area contributed by atoms with Crippen molar-refractivity contribution in [2.45, 2.75) is 19.9 Å². The monoisotopic (exact) mass is 408 g/mol. The highest BCUT2D eigenvalue weighted by atomic mass is 32.1. The third kappa shape index (κ3) is 5.31. The quantitative estimate of drug-likeness (QED) is 0.521. The van der Waals surface area contributed by atoms with Gasteiger partial charge in [-0.15, -0.1) is 11.3 Å². The summed E-state index contributed by atoms with van der Waals surface area (Å²) in [6.07, 6.45) is 0. The number of nitrogens with one attached hydrogen (secondary N) is 2. The van der Waals surface area contributed by atoms with Crippen molar-refractivity contribution in [3.63, 3.8) is 0 Å². The van der Waals surface area contributed by atoms with Crippen LogP contribution >= 0.6 is 11.3 Å². The number of thiophene rings is 1. The molecule has 0 saturated carbocycles. The van der Waals surface area contributed by atoms with Crippen LogP contribution in [-0.4, -0.2) is 25.0 Å². The molecule has 1 aromatic heterocycles. The summed E-state index contributed by atoms with van der Waals surface area (Å²) in [7, 11) is 0. The molecule has 3 rings (SSSR count). The maximum atomic E-state index is 12.6. The molecule has 5 nitrogen and oxygen atoms in total. The largest absolute Gasteiger partial charge is 0.462 e. The first-order valence-electron chi connectivity index (χ1n) is 9.52. The van der Waals surface area contributed by atoms with Crippen molar-refractivity contribution in [2.75, 3.05) is 18.5 Å². The highest BCUT2D eigenvalue weighted by Gasteiger charge is 2.22. The molecule has 0 saturated heterocycles. The Morgan fingerprint density at radius 1 is 1.03 bits per heavy atom. The third-order valence-corrected chi connectivity index (χ3v) is 5.37. The van der Waals surface area contributed by atoms with E-state index >= 15 is 0 Å². The van der Waals surface area contributed by atoms with Crippen LogP contribution in [0.25, 0.3) is 11.1 Å². The lowest BCUT2D eigenvalue weighted by Crippen LogP contribution is -2.30. The smallest absolute Gasteiger partial charge is 0.341 e. The third-order valence-electron chi connectivity index (χ3n) is 4.48. The summed E-state index contributed by atoms with van der Waals surface area (Å²) in [6, 6.07) is 19.6. The van der Waals surface area contributed by atoms with Crippen LogP contribution < -0.4 is 10.6 Å². The van der Waals surface area contributed by atoms with Crippen LogP contribution in [0.4, 0.5) is 5.00 Å². The van der Waals surface area contributed by atoms with Gasteiger partial charge >= 0.3 is 5.97 Å². The lowest BCUT2D eigenvalue weighted by Gasteiger charge is -2.14. The van der Waals surface area contributed by atoms with Gasteiger partial charge in [0.1, 0.15) is 10.6 Å². The van der Waals surface area contributed by atoms with Gasteiger partial charge in [0.15, 0.2) is 0 Å². The van der Waals surface area contributed by atoms with Crippen LogP contribution in [0.1, 0.15) is 35.8 Å². The first-order chi connectivity index (χ1) is 14.1. The number of ether oxygens (including phenoxy) is 1. The van der Waals surface area contributed by atoms with Gasteiger partial charge in [-0.1, -0.05) is 60.7 Å². The molecule has 0 aliphatic heterocycles. The second-order valence-electron chi connectivity index (χ2n) is 6.50. The molecule has 1 atom stereocenters. The molecule has 6 heteroatoms. The van der Waals surface area contributed by atoms with E-state index in [0.717, 1.165) is 16.7 Å². The number of benzene rings is 2. The Morgan fingerprint density at radius 3 is 2.34 bits per heavy atom. The Morgan fingerprint density at radius 2 is 1.69 bits per heavy atom. The minimum absolute atomic E-state index is 0.0368. The summed E-state index contributed by atoms with van der Waals surface area (Å²) < 4.78 is 5.23. The number of hydrogen-bond donors (Lipinski definition) is 2. The molecule has 150 valence electrons. The zero-order valence-electron chi connectivity index (χ0n) is 16.5. The Balaban J connectivity index is 1.73. The lowest BCUT2D eigenvalue weighted by molar-refractivity contribution is -0.115. The summed E-state index contributed by atoms with van der Waals surface area (Å²) >= 11 is 1.32. The number of amides is 1. The van der Waals surface area contributed by atoms with E-state index in [4.69, 9.17) is 4.74 Å². The summed E-state index contributed by atoms with van der Waals surface area (Å²) in [5.41, 5.74) is 3.17. The van der Waals surface area contributed by atoms with Crippen LogP contribution in [0.2, 0.25) is 0 Å². The molecule has 29 heavy (non-hydrogen) atoms. The maximum absolute atomic E-state index is 12.6. The molecule has 0 bridgehead atoms. The van der Waals surface area contributed by atoms with Crippen LogP contribution in [-0.2, 0) is 9.53 Å². The molecule has 2 aromatic carbocycles. The van der Waals surface area contributed by atoms with Crippen LogP contribution in [0.5, 0.6) is 0 Å². The average Bonchev–Trinajstić information content (AvgIpc) is 3.17. The van der Waals surface area contributed by atoms with E-state index in [2.05, 4.69) is 10.6 Å². The minimum Gasteiger partial charge on any atom is -0.462 e. The normalized spacial score (nSPS) is 11.7. The minimum atomic E-state index is -0.437. The molecular weight excluding hydrogens is 384 g/mol. The van der Waals surface area contributed by atoms with Crippen LogP contribution in [0.15, 0.2) is 66.0 Å². The van der Waals surface area contributed by atoms with E-state index in [1.165, 1.54) is 11.3 Å². The molecule has 2 N–H and O–H groups in total. The summed E-state index contributed by atoms with van der Waals surface area (Å²) in [4.78, 5) is 25.1. The van der Waals surface area contributed by atoms with E-state index in [9.17, 15) is 9.59 Å². The first kappa shape index (κ1) is 20.8. The number of rotatable bonds is 8. The number of esters is 1. The predicted octanol–water partition coefficient (Wildman–Crippen LogP) is 4.88. The van der Waals surface area contributed by atoms with Gasteiger partial charge in [-0.05, 0) is 25.0 Å². The zero-order valence-corrected chi connectivity index (χ0v) is 17.3. The van der Waals surface area contributed by atoms with Gasteiger partial charge in [0.25, 0.3) is 0 Å². The highest BCUT2D eigenvalue weighted by molar-refractivity contribution is 7.15. The van der Waals surface area contributed by atoms with Gasteiger partial charge in [-0.3, -0.25) is 4.79 Å². The van der Waals surface area contributed by atoms with E-state index < -0.39 is 5.97 Å². The maximum Gasteiger partial charge on any atom is 0.341 e.